The van der Waals surface area contributed by atoms with E-state index in [1.165, 1.54) is 23.8 Å². The maximum atomic E-state index is 14.0. The second-order valence-corrected chi connectivity index (χ2v) is 9.12. The average Bonchev–Trinajstić information content (AvgIpc) is 3.35. The van der Waals surface area contributed by atoms with E-state index in [-0.39, 0.29) is 17.5 Å². The van der Waals surface area contributed by atoms with Crippen molar-refractivity contribution in [2.75, 3.05) is 17.2 Å². The number of carboxylic acid groups (broad SMARTS) is 1. The summed E-state index contributed by atoms with van der Waals surface area (Å²) >= 11 is 0. The number of benzene rings is 3. The Hall–Kier alpha value is -4.20. The number of rotatable bonds is 6. The van der Waals surface area contributed by atoms with E-state index in [9.17, 15) is 18.8 Å². The number of halogens is 1. The summed E-state index contributed by atoms with van der Waals surface area (Å²) in [5.74, 6) is -2.01. The molecule has 7 nitrogen and oxygen atoms in total. The van der Waals surface area contributed by atoms with E-state index in [0.717, 1.165) is 6.42 Å². The van der Waals surface area contributed by atoms with Crippen molar-refractivity contribution in [2.24, 2.45) is 0 Å². The van der Waals surface area contributed by atoms with Crippen LogP contribution in [-0.4, -0.2) is 40.5 Å². The van der Waals surface area contributed by atoms with Gasteiger partial charge in [-0.1, -0.05) is 44.2 Å². The molecule has 0 aliphatic carbocycles. The van der Waals surface area contributed by atoms with Gasteiger partial charge in [0.25, 0.3) is 0 Å². The van der Waals surface area contributed by atoms with Gasteiger partial charge in [0.15, 0.2) is 0 Å². The van der Waals surface area contributed by atoms with Crippen molar-refractivity contribution in [1.29, 1.82) is 0 Å². The Balaban J connectivity index is 1.39. The van der Waals surface area contributed by atoms with E-state index in [0.29, 0.717) is 41.4 Å². The topological polar surface area (TPSA) is 98.7 Å². The monoisotopic (exact) mass is 489 g/mol. The maximum Gasteiger partial charge on any atom is 0.338 e. The molecule has 1 unspecified atom stereocenters. The molecule has 0 radical (unpaired) electrons. The van der Waals surface area contributed by atoms with Crippen LogP contribution in [0.25, 0.3) is 11.1 Å². The molecule has 0 aromatic heterocycles. The molecular formula is C28H28FN3O4. The fourth-order valence-corrected chi connectivity index (χ4v) is 4.27. The van der Waals surface area contributed by atoms with Crippen LogP contribution in [0.15, 0.2) is 66.7 Å². The first-order chi connectivity index (χ1) is 17.2. The van der Waals surface area contributed by atoms with Gasteiger partial charge in [-0.25, -0.2) is 14.0 Å². The Morgan fingerprint density at radius 1 is 0.917 bits per heavy atom. The van der Waals surface area contributed by atoms with Crippen molar-refractivity contribution in [3.63, 3.8) is 0 Å². The number of likely N-dealkylation sites (tertiary alicyclic amines) is 1. The van der Waals surface area contributed by atoms with Gasteiger partial charge in [-0.2, -0.15) is 0 Å². The largest absolute Gasteiger partial charge is 0.478 e. The summed E-state index contributed by atoms with van der Waals surface area (Å²) in [6, 6.07) is 17.5. The zero-order valence-corrected chi connectivity index (χ0v) is 20.1. The normalized spacial score (nSPS) is 15.1. The first-order valence-electron chi connectivity index (χ1n) is 11.8. The van der Waals surface area contributed by atoms with Gasteiger partial charge < -0.3 is 20.6 Å². The number of nitrogens with one attached hydrogen (secondary N) is 2. The molecule has 0 bridgehead atoms. The predicted octanol–water partition coefficient (Wildman–Crippen LogP) is 5.95. The highest BCUT2D eigenvalue weighted by molar-refractivity contribution is 5.99. The molecule has 1 fully saturated rings. The number of hydrogen-bond donors (Lipinski definition) is 3. The standard InChI is InChI=1S/C28H28FN3O4/c1-17(2)18-5-10-22(11-6-18)31-28(36)32-15-3-4-25(32)26(33)30-21-12-7-19(8-13-21)20-9-14-23(27(34)35)24(29)16-20/h5-14,16-17,25H,3-4,15H2,1-2H3,(H,30,33)(H,31,36)(H,34,35). The third-order valence-electron chi connectivity index (χ3n) is 6.33. The van der Waals surface area contributed by atoms with Crippen LogP contribution in [0, 0.1) is 5.82 Å². The molecule has 36 heavy (non-hydrogen) atoms. The van der Waals surface area contributed by atoms with Gasteiger partial charge in [0.2, 0.25) is 5.91 Å². The first kappa shape index (κ1) is 24.9. The summed E-state index contributed by atoms with van der Waals surface area (Å²) < 4.78 is 14.0. The highest BCUT2D eigenvalue weighted by atomic mass is 19.1. The highest BCUT2D eigenvalue weighted by Gasteiger charge is 2.34. The smallest absolute Gasteiger partial charge is 0.338 e. The molecule has 0 saturated carbocycles. The van der Waals surface area contributed by atoms with E-state index in [1.54, 1.807) is 29.2 Å². The molecule has 4 rings (SSSR count). The molecule has 3 amide bonds. The number of nitrogens with zero attached hydrogens (tertiary/aromatic N) is 1. The number of urea groups is 1. The van der Waals surface area contributed by atoms with E-state index in [4.69, 9.17) is 5.11 Å². The lowest BCUT2D eigenvalue weighted by Gasteiger charge is -2.24. The van der Waals surface area contributed by atoms with Crippen LogP contribution in [0.1, 0.15) is 48.5 Å². The second-order valence-electron chi connectivity index (χ2n) is 9.12. The van der Waals surface area contributed by atoms with Crippen LogP contribution in [0.3, 0.4) is 0 Å². The molecule has 3 aromatic rings. The molecule has 1 aliphatic rings. The minimum atomic E-state index is -1.32. The molecule has 8 heteroatoms. The Bertz CT molecular complexity index is 1270. The Labute approximate surface area is 208 Å². The van der Waals surface area contributed by atoms with Gasteiger partial charge in [-0.15, -0.1) is 0 Å². The van der Waals surface area contributed by atoms with Crippen LogP contribution in [0.5, 0.6) is 0 Å². The molecule has 3 N–H and O–H groups in total. The summed E-state index contributed by atoms with van der Waals surface area (Å²) in [5, 5.41) is 14.7. The second kappa shape index (κ2) is 10.6. The molecule has 1 saturated heterocycles. The highest BCUT2D eigenvalue weighted by Crippen LogP contribution is 2.25. The fourth-order valence-electron chi connectivity index (χ4n) is 4.27. The molecule has 1 aliphatic heterocycles. The van der Waals surface area contributed by atoms with Gasteiger partial charge in [0.05, 0.1) is 5.56 Å². The number of carboxylic acids is 1. The Morgan fingerprint density at radius 2 is 1.53 bits per heavy atom. The van der Waals surface area contributed by atoms with Crippen molar-refractivity contribution < 1.29 is 23.9 Å². The molecule has 0 spiro atoms. The quantitative estimate of drug-likeness (QED) is 0.398. The van der Waals surface area contributed by atoms with Crippen molar-refractivity contribution in [3.8, 4) is 11.1 Å². The fraction of sp³-hybridized carbons (Fsp3) is 0.250. The third-order valence-corrected chi connectivity index (χ3v) is 6.33. The summed E-state index contributed by atoms with van der Waals surface area (Å²) in [6.45, 7) is 4.70. The van der Waals surface area contributed by atoms with E-state index >= 15 is 0 Å². The lowest BCUT2D eigenvalue weighted by atomic mass is 10.0. The Kier molecular flexibility index (Phi) is 7.33. The SMILES string of the molecule is CC(C)c1ccc(NC(=O)N2CCCC2C(=O)Nc2ccc(-c3ccc(C(=O)O)c(F)c3)cc2)cc1. The molecule has 1 atom stereocenters. The van der Waals surface area contributed by atoms with E-state index < -0.39 is 17.8 Å². The minimum Gasteiger partial charge on any atom is -0.478 e. The van der Waals surface area contributed by atoms with Gasteiger partial charge in [-0.05, 0) is 71.8 Å². The van der Waals surface area contributed by atoms with Crippen molar-refractivity contribution in [3.05, 3.63) is 83.7 Å². The number of carbonyl (C=O) groups excluding carboxylic acids is 2. The molecule has 186 valence electrons. The lowest BCUT2D eigenvalue weighted by molar-refractivity contribution is -0.119. The number of aromatic carboxylic acids is 1. The number of anilines is 2. The van der Waals surface area contributed by atoms with Gasteiger partial charge >= 0.3 is 12.0 Å². The first-order valence-corrected chi connectivity index (χ1v) is 11.8. The number of carbonyl (C=O) groups is 3. The Morgan fingerprint density at radius 3 is 2.14 bits per heavy atom. The van der Waals surface area contributed by atoms with Gasteiger partial charge in [-0.3, -0.25) is 4.79 Å². The average molecular weight is 490 g/mol. The van der Waals surface area contributed by atoms with Gasteiger partial charge in [0, 0.05) is 17.9 Å². The lowest BCUT2D eigenvalue weighted by Crippen LogP contribution is -2.45. The third kappa shape index (κ3) is 5.54. The maximum absolute atomic E-state index is 14.0. The van der Waals surface area contributed by atoms with Crippen LogP contribution < -0.4 is 10.6 Å². The summed E-state index contributed by atoms with van der Waals surface area (Å²) in [5.41, 5.74) is 3.21. The van der Waals surface area contributed by atoms with Crippen molar-refractivity contribution >= 4 is 29.3 Å². The zero-order chi connectivity index (χ0) is 25.8. The van der Waals surface area contributed by atoms with Crippen LogP contribution >= 0.6 is 0 Å². The number of hydrogen-bond acceptors (Lipinski definition) is 3. The van der Waals surface area contributed by atoms with Crippen LogP contribution in [0.2, 0.25) is 0 Å². The number of amides is 3. The molecule has 3 aromatic carbocycles. The minimum absolute atomic E-state index is 0.276. The summed E-state index contributed by atoms with van der Waals surface area (Å²) in [7, 11) is 0. The predicted molar refractivity (Wildman–Crippen MR) is 137 cm³/mol. The van der Waals surface area contributed by atoms with Crippen LogP contribution in [-0.2, 0) is 4.79 Å². The van der Waals surface area contributed by atoms with Crippen LogP contribution in [0.4, 0.5) is 20.6 Å². The van der Waals surface area contributed by atoms with Gasteiger partial charge in [0.1, 0.15) is 11.9 Å². The van der Waals surface area contributed by atoms with Crippen molar-refractivity contribution in [2.45, 2.75) is 38.6 Å². The van der Waals surface area contributed by atoms with E-state index in [1.807, 2.05) is 24.3 Å². The van der Waals surface area contributed by atoms with Crippen molar-refractivity contribution in [1.82, 2.24) is 4.90 Å². The van der Waals surface area contributed by atoms with E-state index in [2.05, 4.69) is 24.5 Å². The molecular weight excluding hydrogens is 461 g/mol. The summed E-state index contributed by atoms with van der Waals surface area (Å²) in [4.78, 5) is 38.4. The zero-order valence-electron chi connectivity index (χ0n) is 20.1. The molecule has 1 heterocycles. The summed E-state index contributed by atoms with van der Waals surface area (Å²) in [6.07, 6.45) is 1.30.